The number of esters is 2. The summed E-state index contributed by atoms with van der Waals surface area (Å²) in [5, 5.41) is 8.32. The number of Topliss-reactive ketones (excluding diaryl/α,β-unsaturated/α-hetero) is 1. The first-order chi connectivity index (χ1) is 10.0. The minimum Gasteiger partial charge on any atom is -0.476 e. The van der Waals surface area contributed by atoms with Crippen molar-refractivity contribution in [3.63, 3.8) is 0 Å². The molecule has 0 amide bonds. The second-order valence-electron chi connectivity index (χ2n) is 3.95. The Morgan fingerprint density at radius 1 is 0.905 bits per heavy atom. The lowest BCUT2D eigenvalue weighted by Gasteiger charge is -2.06. The number of carbonyl (C=O) groups is 4. The molecule has 112 valence electrons. The normalized spacial score (nSPS) is 9.71. The predicted molar refractivity (Wildman–Crippen MR) is 69.6 cm³/mol. The molecule has 0 aliphatic heterocycles. The minimum absolute atomic E-state index is 0.119. The molecule has 1 N–H and O–H groups in total. The van der Waals surface area contributed by atoms with E-state index in [1.54, 1.807) is 30.3 Å². The Morgan fingerprint density at radius 3 is 2.14 bits per heavy atom. The highest BCUT2D eigenvalue weighted by Crippen LogP contribution is 2.01. The molecule has 1 rings (SSSR count). The number of carboxylic acids is 1. The first kappa shape index (κ1) is 16.4. The molecule has 7 nitrogen and oxygen atoms in total. The molecular formula is C14H14O7. The predicted octanol–water partition coefficient (Wildman–Crippen LogP) is 0.820. The maximum absolute atomic E-state index is 11.5. The van der Waals surface area contributed by atoms with Gasteiger partial charge >= 0.3 is 17.9 Å². The molecule has 7 heteroatoms. The molecule has 0 aliphatic rings. The zero-order chi connectivity index (χ0) is 15.7. The van der Waals surface area contributed by atoms with Crippen molar-refractivity contribution >= 4 is 23.7 Å². The van der Waals surface area contributed by atoms with Gasteiger partial charge in [0.2, 0.25) is 5.78 Å². The smallest absolute Gasteiger partial charge is 0.372 e. The second kappa shape index (κ2) is 8.47. The average Bonchev–Trinajstić information content (AvgIpc) is 2.49. The number of carboxylic acid groups (broad SMARTS) is 1. The summed E-state index contributed by atoms with van der Waals surface area (Å²) in [7, 11) is 0. The quantitative estimate of drug-likeness (QED) is 0.429. The SMILES string of the molecule is O=C(CCC(=O)C(=O)O)OCCOC(=O)c1ccccc1. The van der Waals surface area contributed by atoms with Crippen LogP contribution in [0.25, 0.3) is 0 Å². The maximum Gasteiger partial charge on any atom is 0.372 e. The van der Waals surface area contributed by atoms with Crippen molar-refractivity contribution in [2.75, 3.05) is 13.2 Å². The third-order valence-corrected chi connectivity index (χ3v) is 2.38. The molecule has 0 bridgehead atoms. The molecule has 0 aromatic heterocycles. The van der Waals surface area contributed by atoms with Gasteiger partial charge in [-0.05, 0) is 12.1 Å². The summed E-state index contributed by atoms with van der Waals surface area (Å²) in [4.78, 5) is 43.7. The topological polar surface area (TPSA) is 107 Å². The van der Waals surface area contributed by atoms with Crippen LogP contribution < -0.4 is 0 Å². The van der Waals surface area contributed by atoms with Crippen molar-refractivity contribution in [1.29, 1.82) is 0 Å². The first-order valence-corrected chi connectivity index (χ1v) is 6.14. The van der Waals surface area contributed by atoms with Gasteiger partial charge in [0.1, 0.15) is 13.2 Å². The summed E-state index contributed by atoms with van der Waals surface area (Å²) >= 11 is 0. The number of rotatable bonds is 8. The monoisotopic (exact) mass is 294 g/mol. The van der Waals surface area contributed by atoms with Crippen molar-refractivity contribution < 1.29 is 33.8 Å². The molecule has 0 heterocycles. The van der Waals surface area contributed by atoms with Crippen molar-refractivity contribution in [2.24, 2.45) is 0 Å². The van der Waals surface area contributed by atoms with Gasteiger partial charge < -0.3 is 14.6 Å². The van der Waals surface area contributed by atoms with Gasteiger partial charge in [-0.1, -0.05) is 18.2 Å². The molecule has 1 aromatic rings. The molecule has 0 fully saturated rings. The number of ether oxygens (including phenoxy) is 2. The molecule has 0 spiro atoms. The summed E-state index contributed by atoms with van der Waals surface area (Å²) in [6.45, 7) is -0.273. The van der Waals surface area contributed by atoms with Gasteiger partial charge in [-0.25, -0.2) is 9.59 Å². The lowest BCUT2D eigenvalue weighted by Crippen LogP contribution is -2.17. The van der Waals surface area contributed by atoms with Crippen LogP contribution in [0.4, 0.5) is 0 Å². The highest BCUT2D eigenvalue weighted by molar-refractivity contribution is 6.32. The molecule has 21 heavy (non-hydrogen) atoms. The Morgan fingerprint density at radius 2 is 1.52 bits per heavy atom. The van der Waals surface area contributed by atoms with Crippen LogP contribution in [-0.4, -0.2) is 42.0 Å². The largest absolute Gasteiger partial charge is 0.476 e. The molecule has 0 radical (unpaired) electrons. The number of carbonyl (C=O) groups excluding carboxylic acids is 3. The minimum atomic E-state index is -1.58. The number of hydrogen-bond acceptors (Lipinski definition) is 6. The Bertz CT molecular complexity index is 521. The van der Waals surface area contributed by atoms with E-state index in [2.05, 4.69) is 0 Å². The van der Waals surface area contributed by atoms with Gasteiger partial charge in [0, 0.05) is 6.42 Å². The van der Waals surface area contributed by atoms with E-state index < -0.39 is 30.1 Å². The molecule has 0 saturated heterocycles. The molecule has 1 aromatic carbocycles. The molecule has 0 unspecified atom stereocenters. The van der Waals surface area contributed by atoms with Gasteiger partial charge in [0.25, 0.3) is 0 Å². The lowest BCUT2D eigenvalue weighted by atomic mass is 10.2. The molecule has 0 aliphatic carbocycles. The van der Waals surface area contributed by atoms with Gasteiger partial charge in [0.05, 0.1) is 12.0 Å². The number of hydrogen-bond donors (Lipinski definition) is 1. The van der Waals surface area contributed by atoms with E-state index in [0.29, 0.717) is 5.56 Å². The molecule has 0 saturated carbocycles. The Hall–Kier alpha value is -2.70. The number of benzene rings is 1. The Kier molecular flexibility index (Phi) is 6.59. The fourth-order valence-corrected chi connectivity index (χ4v) is 1.34. The first-order valence-electron chi connectivity index (χ1n) is 6.14. The van der Waals surface area contributed by atoms with Gasteiger partial charge in [0.15, 0.2) is 0 Å². The highest BCUT2D eigenvalue weighted by atomic mass is 16.6. The van der Waals surface area contributed by atoms with Crippen LogP contribution in [0.15, 0.2) is 30.3 Å². The third kappa shape index (κ3) is 6.33. The number of ketones is 1. The summed E-state index contributed by atoms with van der Waals surface area (Å²) in [5.74, 6) is -3.89. The summed E-state index contributed by atoms with van der Waals surface area (Å²) < 4.78 is 9.56. The van der Waals surface area contributed by atoms with Crippen molar-refractivity contribution in [3.8, 4) is 0 Å². The van der Waals surface area contributed by atoms with E-state index in [4.69, 9.17) is 14.6 Å². The van der Waals surface area contributed by atoms with Crippen molar-refractivity contribution in [1.82, 2.24) is 0 Å². The van der Waals surface area contributed by atoms with Crippen molar-refractivity contribution in [3.05, 3.63) is 35.9 Å². The van der Waals surface area contributed by atoms with E-state index in [9.17, 15) is 19.2 Å². The maximum atomic E-state index is 11.5. The summed E-state index contributed by atoms with van der Waals surface area (Å²) in [5.41, 5.74) is 0.385. The van der Waals surface area contributed by atoms with Crippen LogP contribution in [0.2, 0.25) is 0 Å². The fraction of sp³-hybridized carbons (Fsp3) is 0.286. The second-order valence-corrected chi connectivity index (χ2v) is 3.95. The lowest BCUT2D eigenvalue weighted by molar-refractivity contribution is -0.151. The summed E-state index contributed by atoms with van der Waals surface area (Å²) in [6, 6.07) is 8.32. The van der Waals surface area contributed by atoms with Crippen LogP contribution >= 0.6 is 0 Å². The molecule has 0 atom stereocenters. The van der Waals surface area contributed by atoms with Crippen LogP contribution in [0, 0.1) is 0 Å². The Labute approximate surface area is 120 Å². The average molecular weight is 294 g/mol. The van der Waals surface area contributed by atoms with Crippen LogP contribution in [0.3, 0.4) is 0 Å². The van der Waals surface area contributed by atoms with E-state index in [1.165, 1.54) is 0 Å². The zero-order valence-electron chi connectivity index (χ0n) is 11.1. The van der Waals surface area contributed by atoms with Crippen LogP contribution in [0.1, 0.15) is 23.2 Å². The van der Waals surface area contributed by atoms with E-state index in [0.717, 1.165) is 0 Å². The van der Waals surface area contributed by atoms with Gasteiger partial charge in [-0.3, -0.25) is 9.59 Å². The molecular weight excluding hydrogens is 280 g/mol. The van der Waals surface area contributed by atoms with Gasteiger partial charge in [-0.2, -0.15) is 0 Å². The Balaban J connectivity index is 2.16. The van der Waals surface area contributed by atoms with E-state index in [1.807, 2.05) is 0 Å². The van der Waals surface area contributed by atoms with Gasteiger partial charge in [-0.15, -0.1) is 0 Å². The van der Waals surface area contributed by atoms with Crippen molar-refractivity contribution in [2.45, 2.75) is 12.8 Å². The van der Waals surface area contributed by atoms with E-state index in [-0.39, 0.29) is 19.6 Å². The van der Waals surface area contributed by atoms with E-state index >= 15 is 0 Å². The fourth-order valence-electron chi connectivity index (χ4n) is 1.34. The van der Waals surface area contributed by atoms with Crippen LogP contribution in [0.5, 0.6) is 0 Å². The highest BCUT2D eigenvalue weighted by Gasteiger charge is 2.14. The standard InChI is InChI=1S/C14H14O7/c15-11(13(17)18)6-7-12(16)20-8-9-21-14(19)10-4-2-1-3-5-10/h1-5H,6-9H2,(H,17,18). The van der Waals surface area contributed by atoms with Crippen LogP contribution in [-0.2, 0) is 23.9 Å². The zero-order valence-corrected chi connectivity index (χ0v) is 11.1. The summed E-state index contributed by atoms with van der Waals surface area (Å²) in [6.07, 6.45) is -0.740. The third-order valence-electron chi connectivity index (χ3n) is 2.38. The number of aliphatic carboxylic acids is 1.